The summed E-state index contributed by atoms with van der Waals surface area (Å²) < 4.78 is 0. The molecular formula is C7H19BN2. The predicted octanol–water partition coefficient (Wildman–Crippen LogP) is 1.01. The van der Waals surface area contributed by atoms with E-state index in [1.54, 1.807) is 0 Å². The summed E-state index contributed by atoms with van der Waals surface area (Å²) in [6.45, 7) is 4.08. The molecule has 0 aromatic rings. The average Bonchev–Trinajstić information content (AvgIpc) is 1.91. The number of nitrogens with two attached hydrogens (primary N) is 2. The Kier molecular flexibility index (Phi) is 14.8. The molecule has 0 unspecified atom stereocenters. The first-order chi connectivity index (χ1) is 4.68. The Hall–Kier alpha value is -0.0151. The molecule has 0 bridgehead atoms. The van der Waals surface area contributed by atoms with Crippen molar-refractivity contribution >= 4 is 7.85 Å². The van der Waals surface area contributed by atoms with Gasteiger partial charge < -0.3 is 11.5 Å². The molecular weight excluding hydrogens is 123 g/mol. The van der Waals surface area contributed by atoms with Crippen molar-refractivity contribution in [2.75, 3.05) is 0 Å². The molecule has 0 aliphatic heterocycles. The van der Waals surface area contributed by atoms with Crippen LogP contribution in [-0.4, -0.2) is 14.0 Å². The van der Waals surface area contributed by atoms with E-state index in [0.29, 0.717) is 0 Å². The summed E-state index contributed by atoms with van der Waals surface area (Å²) >= 11 is 0. The molecule has 3 heteroatoms. The first kappa shape index (κ1) is 12.6. The molecule has 0 saturated carbocycles. The standard InChI is InChI=1S/C4H9B.C3H10N2/c1-2-3-4-5;1-2-3(4)5/h2-4H2,1H3;3H,2,4-5H2,1H3. The SMILES string of the molecule is CCC(N)N.[B]CCCC. The highest BCUT2D eigenvalue weighted by Crippen LogP contribution is 1.86. The van der Waals surface area contributed by atoms with Gasteiger partial charge >= 0.3 is 0 Å². The second kappa shape index (κ2) is 11.7. The zero-order valence-electron chi connectivity index (χ0n) is 7.14. The average molecular weight is 142 g/mol. The van der Waals surface area contributed by atoms with E-state index in [1.807, 2.05) is 6.92 Å². The molecule has 4 N–H and O–H groups in total. The van der Waals surface area contributed by atoms with Crippen LogP contribution in [0.1, 0.15) is 33.1 Å². The molecule has 0 aromatic carbocycles. The third kappa shape index (κ3) is 24.5. The maximum Gasteiger partial charge on any atom is 0.0652 e. The fraction of sp³-hybridized carbons (Fsp3) is 1.00. The maximum absolute atomic E-state index is 5.14. The van der Waals surface area contributed by atoms with Gasteiger partial charge in [0, 0.05) is 0 Å². The minimum Gasteiger partial charge on any atom is -0.316 e. The van der Waals surface area contributed by atoms with Gasteiger partial charge in [-0.25, -0.2) is 0 Å². The van der Waals surface area contributed by atoms with Gasteiger partial charge in [0.15, 0.2) is 0 Å². The second-order valence-corrected chi connectivity index (χ2v) is 2.21. The zero-order valence-corrected chi connectivity index (χ0v) is 7.14. The van der Waals surface area contributed by atoms with Gasteiger partial charge in [-0.2, -0.15) is 0 Å². The Morgan fingerprint density at radius 3 is 1.70 bits per heavy atom. The molecule has 0 aliphatic carbocycles. The molecule has 0 heterocycles. The second-order valence-electron chi connectivity index (χ2n) is 2.21. The molecule has 2 radical (unpaired) electrons. The Balaban J connectivity index is 0. The number of unbranched alkanes of at least 4 members (excludes halogenated alkanes) is 1. The summed E-state index contributed by atoms with van der Waals surface area (Å²) in [5, 5.41) is 0. The van der Waals surface area contributed by atoms with Crippen LogP contribution < -0.4 is 11.5 Å². The van der Waals surface area contributed by atoms with Gasteiger partial charge in [-0.1, -0.05) is 33.0 Å². The lowest BCUT2D eigenvalue weighted by Crippen LogP contribution is -2.28. The van der Waals surface area contributed by atoms with Gasteiger partial charge in [0.2, 0.25) is 0 Å². The highest BCUT2D eigenvalue weighted by atomic mass is 14.8. The smallest absolute Gasteiger partial charge is 0.0652 e. The molecule has 0 rings (SSSR count). The predicted molar refractivity (Wildman–Crippen MR) is 47.9 cm³/mol. The largest absolute Gasteiger partial charge is 0.316 e. The lowest BCUT2D eigenvalue weighted by Gasteiger charge is -1.92. The van der Waals surface area contributed by atoms with Crippen molar-refractivity contribution in [2.24, 2.45) is 11.5 Å². The normalized spacial score (nSPS) is 8.90. The van der Waals surface area contributed by atoms with Crippen molar-refractivity contribution in [3.05, 3.63) is 0 Å². The van der Waals surface area contributed by atoms with Crippen LogP contribution in [-0.2, 0) is 0 Å². The van der Waals surface area contributed by atoms with E-state index >= 15 is 0 Å². The van der Waals surface area contributed by atoms with Crippen LogP contribution >= 0.6 is 0 Å². The van der Waals surface area contributed by atoms with Crippen molar-refractivity contribution in [1.29, 1.82) is 0 Å². The lowest BCUT2D eigenvalue weighted by molar-refractivity contribution is 0.682. The van der Waals surface area contributed by atoms with Gasteiger partial charge in [-0.15, -0.1) is 0 Å². The topological polar surface area (TPSA) is 52.0 Å². The zero-order chi connectivity index (χ0) is 8.41. The summed E-state index contributed by atoms with van der Waals surface area (Å²) in [6, 6.07) is 0. The molecule has 2 nitrogen and oxygen atoms in total. The molecule has 0 aromatic heterocycles. The van der Waals surface area contributed by atoms with Gasteiger partial charge in [0.1, 0.15) is 0 Å². The summed E-state index contributed by atoms with van der Waals surface area (Å²) in [7, 11) is 5.14. The minimum absolute atomic E-state index is 0.116. The van der Waals surface area contributed by atoms with Gasteiger partial charge in [-0.3, -0.25) is 0 Å². The van der Waals surface area contributed by atoms with Crippen LogP contribution in [0.4, 0.5) is 0 Å². The van der Waals surface area contributed by atoms with Crippen LogP contribution in [0.2, 0.25) is 6.32 Å². The molecule has 0 fully saturated rings. The molecule has 0 amide bonds. The van der Waals surface area contributed by atoms with Gasteiger partial charge in [0.25, 0.3) is 0 Å². The van der Waals surface area contributed by atoms with Crippen molar-refractivity contribution < 1.29 is 0 Å². The van der Waals surface area contributed by atoms with Crippen molar-refractivity contribution in [3.8, 4) is 0 Å². The molecule has 0 aliphatic rings. The molecule has 0 atom stereocenters. The van der Waals surface area contributed by atoms with Crippen LogP contribution in [0.3, 0.4) is 0 Å². The van der Waals surface area contributed by atoms with Crippen LogP contribution in [0.5, 0.6) is 0 Å². The Morgan fingerprint density at radius 2 is 1.70 bits per heavy atom. The van der Waals surface area contributed by atoms with E-state index in [0.717, 1.165) is 12.7 Å². The number of rotatable bonds is 3. The monoisotopic (exact) mass is 142 g/mol. The van der Waals surface area contributed by atoms with E-state index in [4.69, 9.17) is 19.3 Å². The van der Waals surface area contributed by atoms with E-state index in [-0.39, 0.29) is 6.17 Å². The summed E-state index contributed by atoms with van der Waals surface area (Å²) in [6.07, 6.45) is 3.97. The highest BCUT2D eigenvalue weighted by molar-refractivity contribution is 6.08. The highest BCUT2D eigenvalue weighted by Gasteiger charge is 1.79. The van der Waals surface area contributed by atoms with E-state index < -0.39 is 0 Å². The third-order valence-electron chi connectivity index (χ3n) is 1.03. The first-order valence-corrected chi connectivity index (χ1v) is 3.90. The fourth-order valence-electron chi connectivity index (χ4n) is 0.204. The number of hydrogen-bond donors (Lipinski definition) is 2. The quantitative estimate of drug-likeness (QED) is 0.456. The lowest BCUT2D eigenvalue weighted by atomic mass is 10.0. The van der Waals surface area contributed by atoms with E-state index in [9.17, 15) is 0 Å². The molecule has 10 heavy (non-hydrogen) atoms. The van der Waals surface area contributed by atoms with Crippen molar-refractivity contribution in [1.82, 2.24) is 0 Å². The minimum atomic E-state index is -0.116. The van der Waals surface area contributed by atoms with E-state index in [2.05, 4.69) is 6.92 Å². The molecule has 60 valence electrons. The van der Waals surface area contributed by atoms with Gasteiger partial charge in [-0.05, 0) is 6.42 Å². The van der Waals surface area contributed by atoms with Crippen LogP contribution in [0, 0.1) is 0 Å². The van der Waals surface area contributed by atoms with Crippen LogP contribution in [0.15, 0.2) is 0 Å². The summed E-state index contributed by atoms with van der Waals surface area (Å²) in [5.74, 6) is 0. The Morgan fingerprint density at radius 1 is 1.30 bits per heavy atom. The Labute approximate surface area is 65.8 Å². The maximum atomic E-state index is 5.14. The number of hydrogen-bond acceptors (Lipinski definition) is 2. The van der Waals surface area contributed by atoms with E-state index in [1.165, 1.54) is 12.8 Å². The van der Waals surface area contributed by atoms with Gasteiger partial charge in [0.05, 0.1) is 14.0 Å². The fourth-order valence-corrected chi connectivity index (χ4v) is 0.204. The van der Waals surface area contributed by atoms with Crippen LogP contribution in [0.25, 0.3) is 0 Å². The van der Waals surface area contributed by atoms with Crippen molar-refractivity contribution in [3.63, 3.8) is 0 Å². The Bertz CT molecular complexity index is 46.9. The third-order valence-corrected chi connectivity index (χ3v) is 1.03. The molecule has 0 saturated heterocycles. The summed E-state index contributed by atoms with van der Waals surface area (Å²) in [5.41, 5.74) is 10.1. The van der Waals surface area contributed by atoms with Crippen molar-refractivity contribution in [2.45, 2.75) is 45.6 Å². The molecule has 0 spiro atoms. The summed E-state index contributed by atoms with van der Waals surface area (Å²) in [4.78, 5) is 0. The first-order valence-electron chi connectivity index (χ1n) is 3.90.